The second-order valence-corrected chi connectivity index (χ2v) is 8.75. The molecular weight excluding hydrogens is 479 g/mol. The van der Waals surface area contributed by atoms with Crippen molar-refractivity contribution in [2.24, 2.45) is 0 Å². The molecule has 33 heavy (non-hydrogen) atoms. The Kier molecular flexibility index (Phi) is 6.75. The molecule has 3 heterocycles. The fraction of sp³-hybridized carbons (Fsp3) is 0.350. The fourth-order valence-corrected chi connectivity index (χ4v) is 4.47. The number of nitrogens with zero attached hydrogens (tertiary/aromatic N) is 7. The van der Waals surface area contributed by atoms with Crippen LogP contribution >= 0.6 is 23.4 Å². The predicted octanol–water partition coefficient (Wildman–Crippen LogP) is 3.48. The minimum Gasteiger partial charge on any atom is -0.352 e. The number of carbonyl (C=O) groups excluding carboxylic acids is 1. The van der Waals surface area contributed by atoms with E-state index in [-0.39, 0.29) is 22.5 Å². The highest BCUT2D eigenvalue weighted by molar-refractivity contribution is 7.99. The summed E-state index contributed by atoms with van der Waals surface area (Å²) in [7, 11) is 0. The summed E-state index contributed by atoms with van der Waals surface area (Å²) in [5, 5.41) is 12.2. The van der Waals surface area contributed by atoms with E-state index < -0.39 is 11.7 Å². The zero-order chi connectivity index (χ0) is 23.6. The summed E-state index contributed by atoms with van der Waals surface area (Å²) in [5.41, 5.74) is 0.982. The van der Waals surface area contributed by atoms with Crippen molar-refractivity contribution in [3.8, 4) is 5.69 Å². The summed E-state index contributed by atoms with van der Waals surface area (Å²) in [5.74, 6) is 0.360. The first-order chi connectivity index (χ1) is 15.7. The Morgan fingerprint density at radius 2 is 1.94 bits per heavy atom. The van der Waals surface area contributed by atoms with Gasteiger partial charge in [-0.3, -0.25) is 4.79 Å². The van der Waals surface area contributed by atoms with Crippen LogP contribution in [0.5, 0.6) is 0 Å². The molecule has 1 amide bonds. The Hall–Kier alpha value is -2.86. The number of thioether (sulfide) groups is 1. The number of halogens is 4. The van der Waals surface area contributed by atoms with Gasteiger partial charge in [-0.2, -0.15) is 17.9 Å². The molecule has 1 aromatic carbocycles. The molecule has 1 saturated heterocycles. The lowest BCUT2D eigenvalue weighted by Crippen LogP contribution is -2.49. The van der Waals surface area contributed by atoms with E-state index in [1.807, 2.05) is 31.2 Å². The highest BCUT2D eigenvalue weighted by Gasteiger charge is 2.32. The Morgan fingerprint density at radius 1 is 1.18 bits per heavy atom. The predicted molar refractivity (Wildman–Crippen MR) is 118 cm³/mol. The average molecular weight is 498 g/mol. The van der Waals surface area contributed by atoms with Gasteiger partial charge in [-0.1, -0.05) is 35.5 Å². The van der Waals surface area contributed by atoms with Crippen LogP contribution in [0.3, 0.4) is 0 Å². The standard InChI is InChI=1S/C20H19ClF3N7OS/c1-13-3-2-4-15(9-13)31-19(26-27-28-31)33-12-17(32)29-5-7-30(8-6-29)18-16(21)10-14(11-25-18)20(22,23)24/h2-4,9-11H,5-8,12H2,1H3. The largest absolute Gasteiger partial charge is 0.417 e. The number of pyridine rings is 1. The average Bonchev–Trinajstić information content (AvgIpc) is 3.26. The van der Waals surface area contributed by atoms with Crippen LogP contribution in [0.1, 0.15) is 11.1 Å². The number of carbonyl (C=O) groups is 1. The normalized spacial score (nSPS) is 14.6. The van der Waals surface area contributed by atoms with Crippen LogP contribution in [0.15, 0.2) is 41.7 Å². The molecule has 1 aliphatic rings. The highest BCUT2D eigenvalue weighted by atomic mass is 35.5. The van der Waals surface area contributed by atoms with Crippen LogP contribution in [0, 0.1) is 6.92 Å². The molecule has 2 aromatic heterocycles. The number of tetrazole rings is 1. The van der Waals surface area contributed by atoms with Crippen molar-refractivity contribution in [1.82, 2.24) is 30.1 Å². The molecule has 4 rings (SSSR count). The van der Waals surface area contributed by atoms with Crippen LogP contribution in [0.25, 0.3) is 5.69 Å². The van der Waals surface area contributed by atoms with Crippen molar-refractivity contribution in [3.05, 3.63) is 52.7 Å². The minimum absolute atomic E-state index is 0.0665. The lowest BCUT2D eigenvalue weighted by atomic mass is 10.2. The van der Waals surface area contributed by atoms with Gasteiger partial charge in [0.05, 0.1) is 22.0 Å². The summed E-state index contributed by atoms with van der Waals surface area (Å²) < 4.78 is 40.1. The molecule has 1 fully saturated rings. The number of hydrogen-bond donors (Lipinski definition) is 0. The number of anilines is 1. The molecule has 0 spiro atoms. The van der Waals surface area contributed by atoms with Crippen molar-refractivity contribution >= 4 is 35.1 Å². The molecule has 0 atom stereocenters. The molecular formula is C20H19ClF3N7OS. The zero-order valence-corrected chi connectivity index (χ0v) is 19.0. The Balaban J connectivity index is 1.33. The topological polar surface area (TPSA) is 80.0 Å². The van der Waals surface area contributed by atoms with Gasteiger partial charge in [-0.05, 0) is 41.1 Å². The smallest absolute Gasteiger partial charge is 0.352 e. The summed E-state index contributed by atoms with van der Waals surface area (Å²) in [6.45, 7) is 3.60. The van der Waals surface area contributed by atoms with E-state index in [2.05, 4.69) is 20.5 Å². The molecule has 8 nitrogen and oxygen atoms in total. The second-order valence-electron chi connectivity index (χ2n) is 7.40. The van der Waals surface area contributed by atoms with Gasteiger partial charge in [-0.15, -0.1) is 5.10 Å². The van der Waals surface area contributed by atoms with Gasteiger partial charge in [0.1, 0.15) is 5.82 Å². The quantitative estimate of drug-likeness (QED) is 0.499. The van der Waals surface area contributed by atoms with Crippen molar-refractivity contribution in [2.75, 3.05) is 36.8 Å². The van der Waals surface area contributed by atoms with Gasteiger partial charge >= 0.3 is 6.18 Å². The zero-order valence-electron chi connectivity index (χ0n) is 17.5. The molecule has 0 unspecified atom stereocenters. The summed E-state index contributed by atoms with van der Waals surface area (Å²) in [6.07, 6.45) is -3.73. The van der Waals surface area contributed by atoms with Gasteiger partial charge in [0.2, 0.25) is 11.1 Å². The van der Waals surface area contributed by atoms with Gasteiger partial charge in [0, 0.05) is 32.4 Å². The maximum Gasteiger partial charge on any atom is 0.417 e. The highest BCUT2D eigenvalue weighted by Crippen LogP contribution is 2.33. The number of benzene rings is 1. The Bertz CT molecular complexity index is 1150. The monoisotopic (exact) mass is 497 g/mol. The molecule has 3 aromatic rings. The maximum atomic E-state index is 12.8. The molecule has 0 N–H and O–H groups in total. The van der Waals surface area contributed by atoms with E-state index in [1.165, 1.54) is 11.8 Å². The van der Waals surface area contributed by atoms with Crippen molar-refractivity contribution in [3.63, 3.8) is 0 Å². The fourth-order valence-electron chi connectivity index (χ4n) is 3.39. The summed E-state index contributed by atoms with van der Waals surface area (Å²) in [4.78, 5) is 20.1. The third-order valence-corrected chi connectivity index (χ3v) is 6.28. The van der Waals surface area contributed by atoms with Crippen molar-refractivity contribution < 1.29 is 18.0 Å². The number of aromatic nitrogens is 5. The number of hydrogen-bond acceptors (Lipinski definition) is 7. The second kappa shape index (κ2) is 9.56. The molecule has 174 valence electrons. The Labute approximate surface area is 196 Å². The third-order valence-electron chi connectivity index (χ3n) is 5.09. The van der Waals surface area contributed by atoms with Crippen LogP contribution in [0.4, 0.5) is 19.0 Å². The molecule has 1 aliphatic heterocycles. The lowest BCUT2D eigenvalue weighted by Gasteiger charge is -2.35. The van der Waals surface area contributed by atoms with Crippen LogP contribution < -0.4 is 4.90 Å². The molecule has 0 bridgehead atoms. The maximum absolute atomic E-state index is 12.8. The van der Waals surface area contributed by atoms with Gasteiger partial charge < -0.3 is 9.80 Å². The van der Waals surface area contributed by atoms with Gasteiger partial charge in [0.15, 0.2) is 0 Å². The number of aryl methyl sites for hydroxylation is 1. The van der Waals surface area contributed by atoms with Gasteiger partial charge in [0.25, 0.3) is 0 Å². The third kappa shape index (κ3) is 5.38. The van der Waals surface area contributed by atoms with Crippen LogP contribution in [-0.2, 0) is 11.0 Å². The van der Waals surface area contributed by atoms with Gasteiger partial charge in [-0.25, -0.2) is 4.98 Å². The molecule has 0 saturated carbocycles. The lowest BCUT2D eigenvalue weighted by molar-refractivity contribution is -0.137. The van der Waals surface area contributed by atoms with Crippen LogP contribution in [0.2, 0.25) is 5.02 Å². The van der Waals surface area contributed by atoms with E-state index in [9.17, 15) is 18.0 Å². The number of rotatable bonds is 5. The molecule has 0 aliphatic carbocycles. The first-order valence-corrected chi connectivity index (χ1v) is 11.3. The number of alkyl halides is 3. The molecule has 13 heteroatoms. The first kappa shape index (κ1) is 23.3. The van der Waals surface area contributed by atoms with E-state index >= 15 is 0 Å². The van der Waals surface area contributed by atoms with E-state index in [0.29, 0.717) is 31.3 Å². The summed E-state index contributed by atoms with van der Waals surface area (Å²) in [6, 6.07) is 8.58. The minimum atomic E-state index is -4.50. The van der Waals surface area contributed by atoms with E-state index in [1.54, 1.807) is 14.5 Å². The number of piperazine rings is 1. The van der Waals surface area contributed by atoms with Crippen molar-refractivity contribution in [1.29, 1.82) is 0 Å². The Morgan fingerprint density at radius 3 is 2.61 bits per heavy atom. The van der Waals surface area contributed by atoms with Crippen LogP contribution in [-0.4, -0.2) is 67.9 Å². The number of amides is 1. The summed E-state index contributed by atoms with van der Waals surface area (Å²) >= 11 is 7.28. The van der Waals surface area contributed by atoms with E-state index in [0.717, 1.165) is 23.5 Å². The first-order valence-electron chi connectivity index (χ1n) is 9.96. The van der Waals surface area contributed by atoms with E-state index in [4.69, 9.17) is 11.6 Å². The SMILES string of the molecule is Cc1cccc(-n2nnnc2SCC(=O)N2CCN(c3ncc(C(F)(F)F)cc3Cl)CC2)c1. The van der Waals surface area contributed by atoms with Crippen molar-refractivity contribution in [2.45, 2.75) is 18.3 Å². The molecule has 0 radical (unpaired) electrons.